The molecule has 0 saturated carbocycles. The summed E-state index contributed by atoms with van der Waals surface area (Å²) in [5, 5.41) is 12.1. The summed E-state index contributed by atoms with van der Waals surface area (Å²) in [5.74, 6) is -0.502. The van der Waals surface area contributed by atoms with Crippen LogP contribution >= 0.6 is 34.4 Å². The number of carboxylic acid groups (broad SMARTS) is 1. The van der Waals surface area contributed by atoms with E-state index in [1.54, 1.807) is 0 Å². The quantitative estimate of drug-likeness (QED) is 0.733. The number of benzene rings is 1. The van der Waals surface area contributed by atoms with Gasteiger partial charge in [-0.05, 0) is 41.1 Å². The molecule has 0 spiro atoms. The fraction of sp³-hybridized carbons (Fsp3) is 0.429. The molecule has 2 atom stereocenters. The van der Waals surface area contributed by atoms with Gasteiger partial charge in [0.1, 0.15) is 6.04 Å². The number of amides is 2. The normalized spacial score (nSPS) is 21.3. The van der Waals surface area contributed by atoms with E-state index >= 15 is 0 Å². The number of nitrogens with zero attached hydrogens (tertiary/aromatic N) is 1. The fourth-order valence-electron chi connectivity index (χ4n) is 2.24. The van der Waals surface area contributed by atoms with Crippen molar-refractivity contribution >= 4 is 52.0 Å². The molecule has 1 aliphatic heterocycles. The first-order chi connectivity index (χ1) is 10.0. The Labute approximate surface area is 141 Å². The molecule has 1 aromatic carbocycles. The minimum Gasteiger partial charge on any atom is -0.480 e. The van der Waals surface area contributed by atoms with Crippen molar-refractivity contribution in [3.63, 3.8) is 0 Å². The van der Waals surface area contributed by atoms with E-state index < -0.39 is 12.0 Å². The third kappa shape index (κ3) is 3.82. The molecule has 7 heteroatoms. The summed E-state index contributed by atoms with van der Waals surface area (Å²) in [4.78, 5) is 25.3. The van der Waals surface area contributed by atoms with Crippen LogP contribution in [0.3, 0.4) is 0 Å². The molecule has 1 fully saturated rings. The Balaban J connectivity index is 2.17. The highest BCUT2D eigenvalue weighted by molar-refractivity contribution is 14.1. The van der Waals surface area contributed by atoms with Crippen molar-refractivity contribution in [1.82, 2.24) is 4.90 Å². The van der Waals surface area contributed by atoms with Crippen LogP contribution in [0.15, 0.2) is 24.3 Å². The molecular formula is C14H17IN2O3S. The Hall–Kier alpha value is -0.960. The largest absolute Gasteiger partial charge is 0.480 e. The van der Waals surface area contributed by atoms with Gasteiger partial charge in [-0.2, -0.15) is 0 Å². The van der Waals surface area contributed by atoms with Gasteiger partial charge in [0.25, 0.3) is 0 Å². The van der Waals surface area contributed by atoms with E-state index in [1.807, 2.05) is 31.2 Å². The van der Waals surface area contributed by atoms with Gasteiger partial charge in [0, 0.05) is 9.32 Å². The van der Waals surface area contributed by atoms with Crippen molar-refractivity contribution in [2.75, 3.05) is 11.1 Å². The highest BCUT2D eigenvalue weighted by Gasteiger charge is 2.41. The molecule has 0 aromatic heterocycles. The number of rotatable bonds is 4. The van der Waals surface area contributed by atoms with Crippen molar-refractivity contribution in [3.8, 4) is 0 Å². The van der Waals surface area contributed by atoms with Gasteiger partial charge in [0.05, 0.1) is 11.1 Å². The molecule has 2 rings (SSSR count). The lowest BCUT2D eigenvalue weighted by Gasteiger charge is -2.27. The van der Waals surface area contributed by atoms with E-state index in [4.69, 9.17) is 0 Å². The zero-order valence-electron chi connectivity index (χ0n) is 11.6. The molecule has 1 aromatic rings. The van der Waals surface area contributed by atoms with Crippen LogP contribution in [0, 0.1) is 3.57 Å². The van der Waals surface area contributed by atoms with Crippen LogP contribution in [0.25, 0.3) is 0 Å². The highest BCUT2D eigenvalue weighted by atomic mass is 127. The first kappa shape index (κ1) is 16.4. The summed E-state index contributed by atoms with van der Waals surface area (Å²) in [6, 6.07) is 6.35. The smallest absolute Gasteiger partial charge is 0.327 e. The number of anilines is 1. The summed E-state index contributed by atoms with van der Waals surface area (Å²) >= 11 is 3.68. The molecule has 0 bridgehead atoms. The molecule has 1 aliphatic rings. The second-order valence-electron chi connectivity index (χ2n) is 4.75. The van der Waals surface area contributed by atoms with E-state index in [9.17, 15) is 14.7 Å². The average Bonchev–Trinajstić information content (AvgIpc) is 2.86. The Morgan fingerprint density at radius 1 is 1.48 bits per heavy atom. The number of nitrogens with one attached hydrogen (secondary N) is 1. The van der Waals surface area contributed by atoms with Crippen LogP contribution in [0.1, 0.15) is 19.8 Å². The van der Waals surface area contributed by atoms with Gasteiger partial charge in [0.15, 0.2) is 0 Å². The van der Waals surface area contributed by atoms with E-state index in [0.717, 1.165) is 16.4 Å². The summed E-state index contributed by atoms with van der Waals surface area (Å²) < 4.78 is 0.925. The molecule has 114 valence electrons. The Morgan fingerprint density at radius 3 is 2.81 bits per heavy atom. The minimum atomic E-state index is -0.945. The van der Waals surface area contributed by atoms with Gasteiger partial charge in [0.2, 0.25) is 0 Å². The molecule has 2 N–H and O–H groups in total. The van der Waals surface area contributed by atoms with Crippen LogP contribution in [0.2, 0.25) is 0 Å². The Bertz CT molecular complexity index is 541. The lowest BCUT2D eigenvalue weighted by atomic mass is 10.2. The molecule has 0 radical (unpaired) electrons. The van der Waals surface area contributed by atoms with Crippen molar-refractivity contribution in [2.24, 2.45) is 0 Å². The van der Waals surface area contributed by atoms with Crippen molar-refractivity contribution in [3.05, 3.63) is 27.8 Å². The zero-order valence-corrected chi connectivity index (χ0v) is 14.6. The molecule has 2 amide bonds. The summed E-state index contributed by atoms with van der Waals surface area (Å²) in [5.41, 5.74) is 0.708. The first-order valence-corrected chi connectivity index (χ1v) is 8.85. The van der Waals surface area contributed by atoms with Gasteiger partial charge in [-0.25, -0.2) is 9.59 Å². The maximum Gasteiger partial charge on any atom is 0.327 e. The molecule has 1 saturated heterocycles. The number of carbonyl (C=O) groups excluding carboxylic acids is 1. The number of para-hydroxylation sites is 1. The second-order valence-corrected chi connectivity index (χ2v) is 7.12. The first-order valence-electron chi connectivity index (χ1n) is 6.72. The van der Waals surface area contributed by atoms with Gasteiger partial charge < -0.3 is 10.4 Å². The van der Waals surface area contributed by atoms with Gasteiger partial charge >= 0.3 is 12.0 Å². The van der Waals surface area contributed by atoms with E-state index in [2.05, 4.69) is 27.9 Å². The van der Waals surface area contributed by atoms with Gasteiger partial charge in [-0.1, -0.05) is 25.5 Å². The second kappa shape index (κ2) is 7.35. The van der Waals surface area contributed by atoms with Crippen LogP contribution in [-0.4, -0.2) is 39.2 Å². The number of halogens is 1. The van der Waals surface area contributed by atoms with Crippen molar-refractivity contribution in [1.29, 1.82) is 0 Å². The number of aliphatic carboxylic acids is 1. The topological polar surface area (TPSA) is 69.6 Å². The number of carbonyl (C=O) groups is 2. The molecule has 0 aliphatic carbocycles. The lowest BCUT2D eigenvalue weighted by Crippen LogP contribution is -2.47. The van der Waals surface area contributed by atoms with E-state index in [0.29, 0.717) is 11.4 Å². The SMILES string of the molecule is CCCC1SCC(C(=O)O)N1C(=O)Nc1ccccc1I. The van der Waals surface area contributed by atoms with Crippen LogP contribution in [0.4, 0.5) is 10.5 Å². The number of urea groups is 1. The molecule has 21 heavy (non-hydrogen) atoms. The summed E-state index contributed by atoms with van der Waals surface area (Å²) in [6.07, 6.45) is 1.71. The average molecular weight is 420 g/mol. The molecule has 1 heterocycles. The molecule has 5 nitrogen and oxygen atoms in total. The standard InChI is InChI=1S/C14H17IN2O3S/c1-2-5-12-17(11(8-21-12)13(18)19)14(20)16-10-7-4-3-6-9(10)15/h3-4,6-7,11-12H,2,5,8H2,1H3,(H,16,20)(H,18,19). The molecule has 2 unspecified atom stereocenters. The van der Waals surface area contributed by atoms with Crippen LogP contribution in [0.5, 0.6) is 0 Å². The Morgan fingerprint density at radius 2 is 2.19 bits per heavy atom. The fourth-order valence-corrected chi connectivity index (χ4v) is 4.27. The Kier molecular flexibility index (Phi) is 5.74. The number of thioether (sulfide) groups is 1. The minimum absolute atomic E-state index is 0.0718. The van der Waals surface area contributed by atoms with Crippen LogP contribution < -0.4 is 5.32 Å². The van der Waals surface area contributed by atoms with Gasteiger partial charge in [-0.15, -0.1) is 11.8 Å². The highest BCUT2D eigenvalue weighted by Crippen LogP contribution is 2.33. The lowest BCUT2D eigenvalue weighted by molar-refractivity contribution is -0.141. The van der Waals surface area contributed by atoms with Gasteiger partial charge in [-0.3, -0.25) is 4.90 Å². The number of carboxylic acids is 1. The maximum absolute atomic E-state index is 12.5. The summed E-state index contributed by atoms with van der Waals surface area (Å²) in [6.45, 7) is 2.03. The monoisotopic (exact) mass is 420 g/mol. The van der Waals surface area contributed by atoms with Crippen molar-refractivity contribution < 1.29 is 14.7 Å². The zero-order chi connectivity index (χ0) is 15.4. The number of hydrogen-bond donors (Lipinski definition) is 2. The van der Waals surface area contributed by atoms with Crippen molar-refractivity contribution in [2.45, 2.75) is 31.2 Å². The predicted molar refractivity (Wildman–Crippen MR) is 92.6 cm³/mol. The predicted octanol–water partition coefficient (Wildman–Crippen LogP) is 3.45. The third-order valence-electron chi connectivity index (χ3n) is 3.26. The maximum atomic E-state index is 12.5. The molecular weight excluding hydrogens is 403 g/mol. The van der Waals surface area contributed by atoms with E-state index in [-0.39, 0.29) is 11.4 Å². The number of hydrogen-bond acceptors (Lipinski definition) is 3. The van der Waals surface area contributed by atoms with Crippen LogP contribution in [-0.2, 0) is 4.79 Å². The third-order valence-corrected chi connectivity index (χ3v) is 5.56. The van der Waals surface area contributed by atoms with E-state index in [1.165, 1.54) is 16.7 Å². The summed E-state index contributed by atoms with van der Waals surface area (Å²) in [7, 11) is 0.